The van der Waals surface area contributed by atoms with E-state index in [2.05, 4.69) is 15.6 Å². The van der Waals surface area contributed by atoms with E-state index in [0.717, 1.165) is 16.5 Å². The van der Waals surface area contributed by atoms with Gasteiger partial charge in [0.15, 0.2) is 0 Å². The number of benzene rings is 1. The Morgan fingerprint density at radius 1 is 1.10 bits per heavy atom. The molecule has 2 atom stereocenters. The third-order valence-corrected chi connectivity index (χ3v) is 4.29. The van der Waals surface area contributed by atoms with Gasteiger partial charge >= 0.3 is 18.0 Å². The molecule has 0 fully saturated rings. The topological polar surface area (TPSA) is 147 Å². The second kappa shape index (κ2) is 9.96. The Morgan fingerprint density at radius 3 is 2.39 bits per heavy atom. The van der Waals surface area contributed by atoms with Gasteiger partial charge in [-0.15, -0.1) is 0 Å². The van der Waals surface area contributed by atoms with E-state index >= 15 is 0 Å². The summed E-state index contributed by atoms with van der Waals surface area (Å²) in [6.45, 7) is 4.90. The minimum Gasteiger partial charge on any atom is -0.481 e. The number of carbonyl (C=O) groups excluding carboxylic acids is 3. The van der Waals surface area contributed by atoms with Crippen molar-refractivity contribution >= 4 is 34.8 Å². The van der Waals surface area contributed by atoms with Crippen LogP contribution in [0.1, 0.15) is 32.8 Å². The number of hydrogen-bond acceptors (Lipinski definition) is 6. The van der Waals surface area contributed by atoms with E-state index in [1.807, 2.05) is 24.3 Å². The highest BCUT2D eigenvalue weighted by atomic mass is 16.6. The standard InChI is InChI=1S/C21H27N3O7/c1-21(2,3)31-20(29)24-15(10-17(25)26)18(27)23-16(19(28)30-4)9-12-11-22-14-8-6-5-7-13(12)14/h5-8,11,15-16,22H,9-10H2,1-4H3,(H,23,27)(H,24,29)(H,25,26)/t15?,16-/m0/s1. The molecule has 2 amide bonds. The van der Waals surface area contributed by atoms with Gasteiger partial charge in [0.2, 0.25) is 5.91 Å². The summed E-state index contributed by atoms with van der Waals surface area (Å²) in [5, 5.41) is 14.7. The number of aromatic amines is 1. The lowest BCUT2D eigenvalue weighted by molar-refractivity contribution is -0.145. The third-order valence-electron chi connectivity index (χ3n) is 4.29. The van der Waals surface area contributed by atoms with Gasteiger partial charge in [-0.1, -0.05) is 18.2 Å². The van der Waals surface area contributed by atoms with E-state index in [1.54, 1.807) is 27.0 Å². The largest absolute Gasteiger partial charge is 0.481 e. The van der Waals surface area contributed by atoms with Crippen molar-refractivity contribution in [2.75, 3.05) is 7.11 Å². The molecule has 2 rings (SSSR count). The number of esters is 1. The molecule has 31 heavy (non-hydrogen) atoms. The molecule has 0 bridgehead atoms. The Morgan fingerprint density at radius 2 is 1.77 bits per heavy atom. The van der Waals surface area contributed by atoms with Crippen molar-refractivity contribution in [1.82, 2.24) is 15.6 Å². The van der Waals surface area contributed by atoms with Gasteiger partial charge in [-0.3, -0.25) is 9.59 Å². The molecule has 0 aliphatic carbocycles. The molecule has 10 nitrogen and oxygen atoms in total. The number of alkyl carbamates (subject to hydrolysis) is 1. The highest BCUT2D eigenvalue weighted by molar-refractivity contribution is 5.92. The Bertz CT molecular complexity index is 961. The zero-order chi connectivity index (χ0) is 23.2. The van der Waals surface area contributed by atoms with Crippen LogP contribution in [0.5, 0.6) is 0 Å². The van der Waals surface area contributed by atoms with Crippen molar-refractivity contribution in [3.63, 3.8) is 0 Å². The first kappa shape index (κ1) is 23.7. The summed E-state index contributed by atoms with van der Waals surface area (Å²) in [4.78, 5) is 51.3. The van der Waals surface area contributed by atoms with E-state index in [1.165, 1.54) is 7.11 Å². The number of amides is 2. The maximum absolute atomic E-state index is 12.7. The van der Waals surface area contributed by atoms with Gasteiger partial charge < -0.3 is 30.2 Å². The van der Waals surface area contributed by atoms with Crippen molar-refractivity contribution < 1.29 is 33.8 Å². The summed E-state index contributed by atoms with van der Waals surface area (Å²) in [5.41, 5.74) is 0.794. The molecule has 4 N–H and O–H groups in total. The monoisotopic (exact) mass is 433 g/mol. The molecular weight excluding hydrogens is 406 g/mol. The minimum absolute atomic E-state index is 0.106. The second-order valence-electron chi connectivity index (χ2n) is 7.94. The number of aromatic nitrogens is 1. The molecule has 0 saturated carbocycles. The van der Waals surface area contributed by atoms with Crippen LogP contribution in [0.3, 0.4) is 0 Å². The second-order valence-corrected chi connectivity index (χ2v) is 7.94. The van der Waals surface area contributed by atoms with Gasteiger partial charge in [0.1, 0.15) is 17.7 Å². The maximum atomic E-state index is 12.7. The first-order valence-electron chi connectivity index (χ1n) is 9.64. The highest BCUT2D eigenvalue weighted by Crippen LogP contribution is 2.19. The third kappa shape index (κ3) is 7.02. The number of fused-ring (bicyclic) bond motifs is 1. The number of H-pyrrole nitrogens is 1. The zero-order valence-corrected chi connectivity index (χ0v) is 17.9. The molecule has 1 heterocycles. The molecule has 0 spiro atoms. The number of hydrogen-bond donors (Lipinski definition) is 4. The molecule has 1 unspecified atom stereocenters. The molecule has 2 aromatic rings. The maximum Gasteiger partial charge on any atom is 0.408 e. The van der Waals surface area contributed by atoms with E-state index in [0.29, 0.717) is 0 Å². The van der Waals surface area contributed by atoms with Crippen molar-refractivity contribution in [2.24, 2.45) is 0 Å². The zero-order valence-electron chi connectivity index (χ0n) is 17.9. The van der Waals surface area contributed by atoms with Crippen molar-refractivity contribution in [3.05, 3.63) is 36.0 Å². The average Bonchev–Trinajstić information content (AvgIpc) is 3.07. The molecular formula is C21H27N3O7. The van der Waals surface area contributed by atoms with Crippen LogP contribution in [0.4, 0.5) is 4.79 Å². The summed E-state index contributed by atoms with van der Waals surface area (Å²) < 4.78 is 9.88. The number of carboxylic acid groups (broad SMARTS) is 1. The van der Waals surface area contributed by atoms with E-state index in [4.69, 9.17) is 14.6 Å². The number of rotatable bonds is 8. The molecule has 1 aromatic heterocycles. The fourth-order valence-corrected chi connectivity index (χ4v) is 2.96. The van der Waals surface area contributed by atoms with Gasteiger partial charge in [-0.2, -0.15) is 0 Å². The lowest BCUT2D eigenvalue weighted by Crippen LogP contribution is -2.53. The van der Waals surface area contributed by atoms with E-state index in [-0.39, 0.29) is 6.42 Å². The fraction of sp³-hybridized carbons (Fsp3) is 0.429. The SMILES string of the molecule is COC(=O)[C@H](Cc1c[nH]c2ccccc12)NC(=O)C(CC(=O)O)NC(=O)OC(C)(C)C. The van der Waals surface area contributed by atoms with Crippen LogP contribution >= 0.6 is 0 Å². The summed E-state index contributed by atoms with van der Waals surface area (Å²) >= 11 is 0. The van der Waals surface area contributed by atoms with Gasteiger partial charge in [0, 0.05) is 23.5 Å². The molecule has 10 heteroatoms. The summed E-state index contributed by atoms with van der Waals surface area (Å²) in [6.07, 6.45) is 0.196. The van der Waals surface area contributed by atoms with Gasteiger partial charge in [0.05, 0.1) is 13.5 Å². The quantitative estimate of drug-likeness (QED) is 0.464. The van der Waals surface area contributed by atoms with Crippen LogP contribution in [-0.2, 0) is 30.3 Å². The number of methoxy groups -OCH3 is 1. The number of nitrogens with one attached hydrogen (secondary N) is 3. The smallest absolute Gasteiger partial charge is 0.408 e. The number of carboxylic acids is 1. The lowest BCUT2D eigenvalue weighted by atomic mass is 10.0. The van der Waals surface area contributed by atoms with Crippen LogP contribution in [0.2, 0.25) is 0 Å². The highest BCUT2D eigenvalue weighted by Gasteiger charge is 2.30. The minimum atomic E-state index is -1.44. The predicted octanol–water partition coefficient (Wildman–Crippen LogP) is 1.74. The fourth-order valence-electron chi connectivity index (χ4n) is 2.96. The van der Waals surface area contributed by atoms with E-state index < -0.39 is 48.0 Å². The number of ether oxygens (including phenoxy) is 2. The Labute approximate surface area is 179 Å². The first-order chi connectivity index (χ1) is 14.5. The van der Waals surface area contributed by atoms with Crippen LogP contribution in [-0.4, -0.2) is 58.8 Å². The van der Waals surface area contributed by atoms with Crippen molar-refractivity contribution in [3.8, 4) is 0 Å². The Hall–Kier alpha value is -3.56. The molecule has 0 aliphatic heterocycles. The number of aliphatic carboxylic acids is 1. The van der Waals surface area contributed by atoms with Crippen LogP contribution in [0.25, 0.3) is 10.9 Å². The Balaban J connectivity index is 2.18. The van der Waals surface area contributed by atoms with E-state index in [9.17, 15) is 19.2 Å². The Kier molecular flexibility index (Phi) is 7.62. The average molecular weight is 433 g/mol. The lowest BCUT2D eigenvalue weighted by Gasteiger charge is -2.24. The molecule has 1 aromatic carbocycles. The van der Waals surface area contributed by atoms with Gasteiger partial charge in [-0.05, 0) is 32.4 Å². The number of carbonyl (C=O) groups is 4. The molecule has 0 aliphatic rings. The van der Waals surface area contributed by atoms with Crippen LogP contribution in [0.15, 0.2) is 30.5 Å². The molecule has 168 valence electrons. The predicted molar refractivity (Wildman–Crippen MR) is 111 cm³/mol. The molecule has 0 radical (unpaired) electrons. The van der Waals surface area contributed by atoms with Gasteiger partial charge in [-0.25, -0.2) is 9.59 Å². The summed E-state index contributed by atoms with van der Waals surface area (Å²) in [7, 11) is 1.18. The first-order valence-corrected chi connectivity index (χ1v) is 9.64. The number of para-hydroxylation sites is 1. The normalized spacial score (nSPS) is 13.2. The van der Waals surface area contributed by atoms with Crippen molar-refractivity contribution in [1.29, 1.82) is 0 Å². The van der Waals surface area contributed by atoms with Crippen molar-refractivity contribution in [2.45, 2.75) is 51.3 Å². The summed E-state index contributed by atoms with van der Waals surface area (Å²) in [5.74, 6) is -2.85. The summed E-state index contributed by atoms with van der Waals surface area (Å²) in [6, 6.07) is 4.92. The van der Waals surface area contributed by atoms with Gasteiger partial charge in [0.25, 0.3) is 0 Å². The molecule has 0 saturated heterocycles. The van der Waals surface area contributed by atoms with Crippen LogP contribution < -0.4 is 10.6 Å². The van der Waals surface area contributed by atoms with Crippen LogP contribution in [0, 0.1) is 0 Å².